The molecule has 0 aromatic rings. The van der Waals surface area contributed by atoms with Crippen molar-refractivity contribution in [3.63, 3.8) is 0 Å². The van der Waals surface area contributed by atoms with Gasteiger partial charge in [-0.15, -0.1) is 0 Å². The fourth-order valence-corrected chi connectivity index (χ4v) is 2.28. The smallest absolute Gasteiger partial charge is 0.00388 e. The van der Waals surface area contributed by atoms with E-state index in [2.05, 4.69) is 11.8 Å². The zero-order valence-corrected chi connectivity index (χ0v) is 6.19. The average molecular weight is 125 g/mol. The van der Waals surface area contributed by atoms with Crippen LogP contribution in [0.5, 0.6) is 0 Å². The van der Waals surface area contributed by atoms with Crippen molar-refractivity contribution in [2.45, 2.75) is 26.2 Å². The number of hydrogen-bond acceptors (Lipinski definition) is 1. The molecule has 2 aliphatic rings. The molecule has 0 N–H and O–H groups in total. The molecule has 2 heterocycles. The Morgan fingerprint density at radius 3 is 2.22 bits per heavy atom. The van der Waals surface area contributed by atoms with Crippen molar-refractivity contribution in [3.05, 3.63) is 0 Å². The van der Waals surface area contributed by atoms with Crippen LogP contribution in [0.2, 0.25) is 0 Å². The van der Waals surface area contributed by atoms with Crippen molar-refractivity contribution in [1.82, 2.24) is 4.90 Å². The van der Waals surface area contributed by atoms with Crippen LogP contribution in [0.4, 0.5) is 0 Å². The molecule has 2 rings (SSSR count). The van der Waals surface area contributed by atoms with Crippen LogP contribution in [0.1, 0.15) is 26.2 Å². The summed E-state index contributed by atoms with van der Waals surface area (Å²) in [5.41, 5.74) is 0.778. The van der Waals surface area contributed by atoms with Crippen molar-refractivity contribution in [2.75, 3.05) is 19.6 Å². The van der Waals surface area contributed by atoms with E-state index >= 15 is 0 Å². The van der Waals surface area contributed by atoms with Gasteiger partial charge in [-0.05, 0) is 37.8 Å². The van der Waals surface area contributed by atoms with Crippen LogP contribution in [0.25, 0.3) is 0 Å². The van der Waals surface area contributed by atoms with Gasteiger partial charge in [0.1, 0.15) is 0 Å². The Hall–Kier alpha value is -0.0400. The Morgan fingerprint density at radius 2 is 2.00 bits per heavy atom. The highest BCUT2D eigenvalue weighted by Crippen LogP contribution is 2.42. The van der Waals surface area contributed by atoms with Crippen LogP contribution >= 0.6 is 0 Å². The first kappa shape index (κ1) is 5.72. The molecule has 0 saturated carbocycles. The SMILES string of the molecule is CCC12CCN(CC1)C2. The normalized spacial score (nSPS) is 48.3. The zero-order valence-electron chi connectivity index (χ0n) is 6.19. The number of piperidine rings is 1. The predicted molar refractivity (Wildman–Crippen MR) is 38.4 cm³/mol. The minimum atomic E-state index is 0.778. The third kappa shape index (κ3) is 0.710. The van der Waals surface area contributed by atoms with E-state index in [0.717, 1.165) is 5.41 Å². The molecule has 0 aliphatic carbocycles. The molecule has 52 valence electrons. The van der Waals surface area contributed by atoms with Gasteiger partial charge in [-0.25, -0.2) is 0 Å². The summed E-state index contributed by atoms with van der Waals surface area (Å²) < 4.78 is 0. The van der Waals surface area contributed by atoms with Gasteiger partial charge in [-0.3, -0.25) is 0 Å². The van der Waals surface area contributed by atoms with Gasteiger partial charge in [0.05, 0.1) is 0 Å². The average Bonchev–Trinajstić information content (AvgIpc) is 2.46. The van der Waals surface area contributed by atoms with Crippen molar-refractivity contribution < 1.29 is 0 Å². The molecular formula is C8H15N. The number of hydrogen-bond donors (Lipinski definition) is 0. The summed E-state index contributed by atoms with van der Waals surface area (Å²) in [4.78, 5) is 2.60. The lowest BCUT2D eigenvalue weighted by atomic mass is 9.82. The minimum absolute atomic E-state index is 0.778. The van der Waals surface area contributed by atoms with Crippen molar-refractivity contribution in [2.24, 2.45) is 5.41 Å². The fraction of sp³-hybridized carbons (Fsp3) is 1.00. The second kappa shape index (κ2) is 1.72. The fourth-order valence-electron chi connectivity index (χ4n) is 2.28. The Kier molecular flexibility index (Phi) is 1.10. The summed E-state index contributed by atoms with van der Waals surface area (Å²) in [6.45, 7) is 6.51. The van der Waals surface area contributed by atoms with Crippen LogP contribution in [-0.4, -0.2) is 24.5 Å². The first-order chi connectivity index (χ1) is 4.35. The second-order valence-electron chi connectivity index (χ2n) is 3.63. The van der Waals surface area contributed by atoms with Crippen molar-refractivity contribution in [3.8, 4) is 0 Å². The van der Waals surface area contributed by atoms with Gasteiger partial charge in [0, 0.05) is 6.54 Å². The molecule has 0 radical (unpaired) electrons. The summed E-state index contributed by atoms with van der Waals surface area (Å²) in [7, 11) is 0. The Balaban J connectivity index is 2.13. The molecule has 0 amide bonds. The molecule has 2 aliphatic heterocycles. The molecular weight excluding hydrogens is 110 g/mol. The van der Waals surface area contributed by atoms with Gasteiger partial charge in [0.2, 0.25) is 0 Å². The highest BCUT2D eigenvalue weighted by atomic mass is 15.2. The summed E-state index contributed by atoms with van der Waals surface area (Å²) >= 11 is 0. The van der Waals surface area contributed by atoms with Gasteiger partial charge in [0.25, 0.3) is 0 Å². The largest absolute Gasteiger partial charge is 0.303 e. The lowest BCUT2D eigenvalue weighted by molar-refractivity contribution is 0.309. The van der Waals surface area contributed by atoms with Crippen LogP contribution in [-0.2, 0) is 0 Å². The van der Waals surface area contributed by atoms with E-state index in [-0.39, 0.29) is 0 Å². The van der Waals surface area contributed by atoms with Gasteiger partial charge >= 0.3 is 0 Å². The molecule has 0 aromatic carbocycles. The first-order valence-corrected chi connectivity index (χ1v) is 4.07. The molecule has 1 heteroatoms. The Bertz CT molecular complexity index is 112. The van der Waals surface area contributed by atoms with E-state index < -0.39 is 0 Å². The Morgan fingerprint density at radius 1 is 1.33 bits per heavy atom. The number of rotatable bonds is 1. The number of fused-ring (bicyclic) bond motifs is 2. The highest BCUT2D eigenvalue weighted by Gasteiger charge is 2.41. The summed E-state index contributed by atoms with van der Waals surface area (Å²) in [6, 6.07) is 0. The monoisotopic (exact) mass is 125 g/mol. The zero-order chi connectivity index (χ0) is 6.32. The van der Waals surface area contributed by atoms with Gasteiger partial charge in [0.15, 0.2) is 0 Å². The van der Waals surface area contributed by atoms with E-state index in [9.17, 15) is 0 Å². The molecule has 0 spiro atoms. The van der Waals surface area contributed by atoms with E-state index in [4.69, 9.17) is 0 Å². The molecule has 0 unspecified atom stereocenters. The van der Waals surface area contributed by atoms with Crippen molar-refractivity contribution in [1.29, 1.82) is 0 Å². The van der Waals surface area contributed by atoms with E-state index in [1.165, 1.54) is 38.9 Å². The minimum Gasteiger partial charge on any atom is -0.303 e. The maximum absolute atomic E-state index is 2.60. The maximum Gasteiger partial charge on any atom is 0.00388 e. The van der Waals surface area contributed by atoms with E-state index in [1.807, 2.05) is 0 Å². The van der Waals surface area contributed by atoms with Gasteiger partial charge in [-0.1, -0.05) is 6.92 Å². The third-order valence-electron chi connectivity index (χ3n) is 3.23. The predicted octanol–water partition coefficient (Wildman–Crippen LogP) is 1.49. The molecule has 1 nitrogen and oxygen atoms in total. The van der Waals surface area contributed by atoms with Gasteiger partial charge in [-0.2, -0.15) is 0 Å². The topological polar surface area (TPSA) is 3.24 Å². The van der Waals surface area contributed by atoms with Crippen LogP contribution in [0, 0.1) is 5.41 Å². The maximum atomic E-state index is 2.60. The molecule has 2 fully saturated rings. The summed E-state index contributed by atoms with van der Waals surface area (Å²) in [5.74, 6) is 0. The van der Waals surface area contributed by atoms with Gasteiger partial charge < -0.3 is 4.90 Å². The highest BCUT2D eigenvalue weighted by molar-refractivity contribution is 4.95. The molecule has 2 bridgehead atoms. The molecule has 0 aromatic heterocycles. The number of nitrogens with zero attached hydrogens (tertiary/aromatic N) is 1. The first-order valence-electron chi connectivity index (χ1n) is 4.07. The summed E-state index contributed by atoms with van der Waals surface area (Å²) in [5, 5.41) is 0. The lowest BCUT2D eigenvalue weighted by Crippen LogP contribution is -2.18. The van der Waals surface area contributed by atoms with E-state index in [1.54, 1.807) is 0 Å². The lowest BCUT2D eigenvalue weighted by Gasteiger charge is -2.22. The van der Waals surface area contributed by atoms with Crippen LogP contribution in [0.15, 0.2) is 0 Å². The van der Waals surface area contributed by atoms with Crippen LogP contribution < -0.4 is 0 Å². The molecule has 9 heavy (non-hydrogen) atoms. The standard InChI is InChI=1S/C8H15N/c1-2-8-3-5-9(7-8)6-4-8/h2-7H2,1H3. The summed E-state index contributed by atoms with van der Waals surface area (Å²) in [6.07, 6.45) is 4.36. The van der Waals surface area contributed by atoms with Crippen molar-refractivity contribution >= 4 is 0 Å². The molecule has 0 atom stereocenters. The Labute approximate surface area is 57.0 Å². The van der Waals surface area contributed by atoms with E-state index in [0.29, 0.717) is 0 Å². The van der Waals surface area contributed by atoms with Crippen LogP contribution in [0.3, 0.4) is 0 Å². The quantitative estimate of drug-likeness (QED) is 0.513. The molecule has 2 saturated heterocycles. The second-order valence-corrected chi connectivity index (χ2v) is 3.63. The third-order valence-corrected chi connectivity index (χ3v) is 3.23.